The van der Waals surface area contributed by atoms with Crippen LogP contribution < -0.4 is 0 Å². The lowest BCUT2D eigenvalue weighted by Gasteiger charge is -2.42. The Morgan fingerprint density at radius 2 is 1.04 bits per heavy atom. The van der Waals surface area contributed by atoms with Gasteiger partial charge in [-0.25, -0.2) is 4.79 Å². The van der Waals surface area contributed by atoms with Crippen molar-refractivity contribution < 1.29 is 71.0 Å². The molecule has 0 rings (SSSR count). The van der Waals surface area contributed by atoms with Crippen LogP contribution in [0.25, 0.3) is 0 Å². The first kappa shape index (κ1) is 26.2. The predicted octanol–water partition coefficient (Wildman–Crippen LogP) is 5.18. The molecule has 0 saturated carbocycles. The van der Waals surface area contributed by atoms with Gasteiger partial charge in [0.15, 0.2) is 6.61 Å². The van der Waals surface area contributed by atoms with Crippen LogP contribution in [-0.4, -0.2) is 54.0 Å². The van der Waals surface area contributed by atoms with Gasteiger partial charge in [0.25, 0.3) is 0 Å². The largest absolute Gasteiger partial charge is 0.456 e. The average molecular weight is 450 g/mol. The third kappa shape index (κ3) is 3.60. The van der Waals surface area contributed by atoms with E-state index in [1.165, 1.54) is 0 Å². The van der Waals surface area contributed by atoms with Crippen LogP contribution in [0, 0.1) is 0 Å². The third-order valence-corrected chi connectivity index (χ3v) is 3.15. The highest BCUT2D eigenvalue weighted by atomic mass is 19.4. The van der Waals surface area contributed by atoms with Gasteiger partial charge >= 0.3 is 47.4 Å². The molecule has 16 heteroatoms. The first-order valence-electron chi connectivity index (χ1n) is 6.39. The predicted molar refractivity (Wildman–Crippen MR) is 61.5 cm³/mol. The van der Waals surface area contributed by atoms with Crippen LogP contribution in [0.15, 0.2) is 12.7 Å². The molecule has 0 N–H and O–H groups in total. The monoisotopic (exact) mass is 450 g/mol. The van der Waals surface area contributed by atoms with Crippen molar-refractivity contribution in [1.29, 1.82) is 0 Å². The smallest absolute Gasteiger partial charge is 0.384 e. The molecule has 0 amide bonds. The van der Waals surface area contributed by atoms with Crippen LogP contribution in [0.2, 0.25) is 0 Å². The molecular formula is C12H8F14O2. The standard InChI is InChI=1S/C12H8F14O2/c1-3-5(27)28-4-7(15,16)9(19,20)11(23,24)12(25,26)10(21,22)8(17,18)6(2,13)14/h3H,1,4H2,2H3. The van der Waals surface area contributed by atoms with Gasteiger partial charge in [0.1, 0.15) is 0 Å². The minimum atomic E-state index is -8.13. The first-order valence-corrected chi connectivity index (χ1v) is 6.39. The maximum absolute atomic E-state index is 13.3. The molecule has 0 aliphatic carbocycles. The molecule has 0 aromatic rings. The summed E-state index contributed by atoms with van der Waals surface area (Å²) in [6, 6.07) is 0. The third-order valence-electron chi connectivity index (χ3n) is 3.15. The van der Waals surface area contributed by atoms with E-state index in [-0.39, 0.29) is 6.08 Å². The molecule has 0 radical (unpaired) electrons. The van der Waals surface area contributed by atoms with E-state index >= 15 is 0 Å². The molecule has 0 aliphatic rings. The number of halogens is 14. The SMILES string of the molecule is C=CC(=O)OCC(F)(F)C(F)(F)C(F)(F)C(F)(F)C(F)(F)C(F)(F)C(C)(F)F. The van der Waals surface area contributed by atoms with Crippen molar-refractivity contribution >= 4 is 5.97 Å². The normalized spacial score (nSPS) is 15.4. The zero-order valence-electron chi connectivity index (χ0n) is 13.1. The van der Waals surface area contributed by atoms with Gasteiger partial charge in [-0.2, -0.15) is 61.5 Å². The molecule has 2 nitrogen and oxygen atoms in total. The summed E-state index contributed by atoms with van der Waals surface area (Å²) in [4.78, 5) is 10.5. The number of ether oxygens (including phenoxy) is 1. The summed E-state index contributed by atoms with van der Waals surface area (Å²) in [6.07, 6.45) is 0.0268. The summed E-state index contributed by atoms with van der Waals surface area (Å²) in [5, 5.41) is 0. The van der Waals surface area contributed by atoms with Gasteiger partial charge in [-0.1, -0.05) is 6.58 Å². The van der Waals surface area contributed by atoms with E-state index in [0.717, 1.165) is 0 Å². The molecule has 0 unspecified atom stereocenters. The van der Waals surface area contributed by atoms with Gasteiger partial charge < -0.3 is 4.74 Å². The van der Waals surface area contributed by atoms with Crippen molar-refractivity contribution in [3.8, 4) is 0 Å². The molecule has 0 atom stereocenters. The van der Waals surface area contributed by atoms with Crippen molar-refractivity contribution in [2.75, 3.05) is 6.61 Å². The Labute approximate surface area is 146 Å². The van der Waals surface area contributed by atoms with Gasteiger partial charge in [-0.3, -0.25) is 0 Å². The van der Waals surface area contributed by atoms with Crippen LogP contribution in [-0.2, 0) is 9.53 Å². The van der Waals surface area contributed by atoms with Gasteiger partial charge in [-0.15, -0.1) is 0 Å². The van der Waals surface area contributed by atoms with Gasteiger partial charge in [0.05, 0.1) is 0 Å². The quantitative estimate of drug-likeness (QED) is 0.275. The maximum Gasteiger partial charge on any atom is 0.384 e. The molecular weight excluding hydrogens is 442 g/mol. The van der Waals surface area contributed by atoms with Crippen LogP contribution in [0.4, 0.5) is 61.5 Å². The molecule has 166 valence electrons. The van der Waals surface area contributed by atoms with E-state index in [1.54, 1.807) is 0 Å². The number of alkyl halides is 14. The van der Waals surface area contributed by atoms with Crippen LogP contribution in [0.3, 0.4) is 0 Å². The summed E-state index contributed by atoms with van der Waals surface area (Å²) in [5.74, 6) is -53.7. The molecule has 0 heterocycles. The fourth-order valence-electron chi connectivity index (χ4n) is 1.41. The summed E-state index contributed by atoms with van der Waals surface area (Å²) in [5.41, 5.74) is 0. The lowest BCUT2D eigenvalue weighted by molar-refractivity contribution is -0.441. The lowest BCUT2D eigenvalue weighted by atomic mass is 9.89. The molecule has 0 bridgehead atoms. The second kappa shape index (κ2) is 6.93. The van der Waals surface area contributed by atoms with Crippen molar-refractivity contribution in [3.05, 3.63) is 12.7 Å². The van der Waals surface area contributed by atoms with E-state index in [9.17, 15) is 66.3 Å². The molecule has 28 heavy (non-hydrogen) atoms. The molecule has 0 spiro atoms. The van der Waals surface area contributed by atoms with Crippen molar-refractivity contribution in [1.82, 2.24) is 0 Å². The van der Waals surface area contributed by atoms with Gasteiger partial charge in [0, 0.05) is 13.0 Å². The number of hydrogen-bond donors (Lipinski definition) is 0. The van der Waals surface area contributed by atoms with E-state index < -0.39 is 61.0 Å². The first-order chi connectivity index (χ1) is 12.0. The molecule has 0 aromatic heterocycles. The zero-order valence-corrected chi connectivity index (χ0v) is 13.1. The second-order valence-corrected chi connectivity index (χ2v) is 5.28. The van der Waals surface area contributed by atoms with Crippen molar-refractivity contribution in [3.63, 3.8) is 0 Å². The summed E-state index contributed by atoms with van der Waals surface area (Å²) in [6.45, 7) is -1.66. The second-order valence-electron chi connectivity index (χ2n) is 5.28. The maximum atomic E-state index is 13.3. The van der Waals surface area contributed by atoms with E-state index in [1.807, 2.05) is 0 Å². The lowest BCUT2D eigenvalue weighted by Crippen LogP contribution is -2.73. The summed E-state index contributed by atoms with van der Waals surface area (Å²) < 4.78 is 186. The number of hydrogen-bond acceptors (Lipinski definition) is 2. The van der Waals surface area contributed by atoms with E-state index in [2.05, 4.69) is 11.3 Å². The topological polar surface area (TPSA) is 26.3 Å². The van der Waals surface area contributed by atoms with Crippen LogP contribution in [0.1, 0.15) is 6.92 Å². The Hall–Kier alpha value is -1.77. The van der Waals surface area contributed by atoms with E-state index in [0.29, 0.717) is 0 Å². The average Bonchev–Trinajstić information content (AvgIpc) is 2.50. The minimum Gasteiger partial charge on any atom is -0.456 e. The minimum absolute atomic E-state index is 0.0268. The fraction of sp³-hybridized carbons (Fsp3) is 0.750. The van der Waals surface area contributed by atoms with Crippen molar-refractivity contribution in [2.45, 2.75) is 48.4 Å². The number of esters is 1. The van der Waals surface area contributed by atoms with Crippen molar-refractivity contribution in [2.24, 2.45) is 0 Å². The fourth-order valence-corrected chi connectivity index (χ4v) is 1.41. The Balaban J connectivity index is 6.31. The van der Waals surface area contributed by atoms with Gasteiger partial charge in [0.2, 0.25) is 0 Å². The van der Waals surface area contributed by atoms with Crippen LogP contribution >= 0.6 is 0 Å². The number of carbonyl (C=O) groups is 1. The Morgan fingerprint density at radius 1 is 0.714 bits per heavy atom. The molecule has 0 aliphatic heterocycles. The zero-order chi connectivity index (χ0) is 23.2. The Morgan fingerprint density at radius 3 is 1.36 bits per heavy atom. The Kier molecular flexibility index (Phi) is 6.49. The highest BCUT2D eigenvalue weighted by molar-refractivity contribution is 5.81. The van der Waals surface area contributed by atoms with Gasteiger partial charge in [-0.05, 0) is 0 Å². The van der Waals surface area contributed by atoms with Crippen LogP contribution in [0.5, 0.6) is 0 Å². The number of rotatable bonds is 9. The summed E-state index contributed by atoms with van der Waals surface area (Å²) in [7, 11) is 0. The molecule has 0 saturated heterocycles. The molecule has 0 aromatic carbocycles. The summed E-state index contributed by atoms with van der Waals surface area (Å²) >= 11 is 0. The highest BCUT2D eigenvalue weighted by Gasteiger charge is 2.92. The van der Waals surface area contributed by atoms with E-state index in [4.69, 9.17) is 0 Å². The Bertz CT molecular complexity index is 604. The number of carbonyl (C=O) groups excluding carboxylic acids is 1. The highest BCUT2D eigenvalue weighted by Crippen LogP contribution is 2.62. The molecule has 0 fully saturated rings.